The number of sulfonamides is 1. The largest absolute Gasteiger partial charge is 0.329 e. The third kappa shape index (κ3) is 4.02. The van der Waals surface area contributed by atoms with Crippen LogP contribution in [-0.2, 0) is 16.6 Å². The summed E-state index contributed by atoms with van der Waals surface area (Å²) in [4.78, 5) is 2.20. The Labute approximate surface area is 121 Å². The number of likely N-dealkylation sites (N-methyl/N-ethyl adjacent to an activating group) is 1. The SMILES string of the molecule is Cc1nn(CCN)c(C)c1S(=O)(=O)NC(C)CN(C)C. The van der Waals surface area contributed by atoms with Crippen molar-refractivity contribution in [2.45, 2.75) is 38.3 Å². The van der Waals surface area contributed by atoms with E-state index in [0.717, 1.165) is 0 Å². The van der Waals surface area contributed by atoms with Gasteiger partial charge in [-0.15, -0.1) is 0 Å². The molecule has 1 heterocycles. The van der Waals surface area contributed by atoms with E-state index in [2.05, 4.69) is 9.82 Å². The summed E-state index contributed by atoms with van der Waals surface area (Å²) in [6.45, 7) is 6.86. The van der Waals surface area contributed by atoms with Crippen LogP contribution in [0, 0.1) is 13.8 Å². The van der Waals surface area contributed by atoms with Crippen molar-refractivity contribution < 1.29 is 8.42 Å². The molecule has 1 atom stereocenters. The van der Waals surface area contributed by atoms with E-state index in [4.69, 9.17) is 5.73 Å². The van der Waals surface area contributed by atoms with E-state index in [1.165, 1.54) is 0 Å². The molecule has 0 aliphatic heterocycles. The summed E-state index contributed by atoms with van der Waals surface area (Å²) in [5, 5.41) is 4.24. The second kappa shape index (κ2) is 6.66. The molecule has 7 nitrogen and oxygen atoms in total. The molecule has 1 rings (SSSR count). The molecule has 1 aromatic rings. The number of aromatic nitrogens is 2. The molecular formula is C12H25N5O2S. The number of rotatable bonds is 7. The normalized spacial score (nSPS) is 13.9. The van der Waals surface area contributed by atoms with Gasteiger partial charge in [-0.05, 0) is 34.9 Å². The summed E-state index contributed by atoms with van der Waals surface area (Å²) in [7, 11) is 0.242. The van der Waals surface area contributed by atoms with E-state index in [9.17, 15) is 8.42 Å². The van der Waals surface area contributed by atoms with Crippen molar-refractivity contribution in [1.29, 1.82) is 0 Å². The fourth-order valence-electron chi connectivity index (χ4n) is 2.32. The molecule has 0 fully saturated rings. The minimum atomic E-state index is -3.56. The lowest BCUT2D eigenvalue weighted by molar-refractivity contribution is 0.370. The van der Waals surface area contributed by atoms with E-state index in [0.29, 0.717) is 31.0 Å². The van der Waals surface area contributed by atoms with Gasteiger partial charge in [0.05, 0.1) is 17.9 Å². The van der Waals surface area contributed by atoms with Crippen LogP contribution in [0.5, 0.6) is 0 Å². The summed E-state index contributed by atoms with van der Waals surface area (Å²) >= 11 is 0. The highest BCUT2D eigenvalue weighted by Gasteiger charge is 2.26. The number of nitrogens with one attached hydrogen (secondary N) is 1. The maximum atomic E-state index is 12.5. The summed E-state index contributed by atoms with van der Waals surface area (Å²) in [6.07, 6.45) is 0. The second-order valence-corrected chi connectivity index (χ2v) is 6.95. The summed E-state index contributed by atoms with van der Waals surface area (Å²) in [6, 6.07) is -0.174. The molecule has 0 radical (unpaired) electrons. The van der Waals surface area contributed by atoms with Gasteiger partial charge >= 0.3 is 0 Å². The highest BCUT2D eigenvalue weighted by molar-refractivity contribution is 7.89. The van der Waals surface area contributed by atoms with Crippen LogP contribution in [0.25, 0.3) is 0 Å². The number of nitrogens with zero attached hydrogens (tertiary/aromatic N) is 3. The van der Waals surface area contributed by atoms with E-state index in [1.54, 1.807) is 18.5 Å². The first-order valence-electron chi connectivity index (χ1n) is 6.60. The van der Waals surface area contributed by atoms with Crippen molar-refractivity contribution >= 4 is 10.0 Å². The first-order chi connectivity index (χ1) is 9.19. The van der Waals surface area contributed by atoms with Crippen molar-refractivity contribution in [3.8, 4) is 0 Å². The summed E-state index contributed by atoms with van der Waals surface area (Å²) < 4.78 is 29.3. The maximum absolute atomic E-state index is 12.5. The second-order valence-electron chi connectivity index (χ2n) is 5.30. The Morgan fingerprint density at radius 3 is 2.50 bits per heavy atom. The fraction of sp³-hybridized carbons (Fsp3) is 0.750. The molecule has 0 aromatic carbocycles. The smallest absolute Gasteiger partial charge is 0.244 e. The molecule has 8 heteroatoms. The summed E-state index contributed by atoms with van der Waals surface area (Å²) in [5.41, 5.74) is 6.63. The van der Waals surface area contributed by atoms with Crippen LogP contribution in [-0.4, -0.2) is 56.3 Å². The summed E-state index contributed by atoms with van der Waals surface area (Å²) in [5.74, 6) is 0. The quantitative estimate of drug-likeness (QED) is 0.720. The molecule has 0 saturated heterocycles. The zero-order chi connectivity index (χ0) is 15.5. The molecule has 20 heavy (non-hydrogen) atoms. The molecule has 116 valence electrons. The van der Waals surface area contributed by atoms with Gasteiger partial charge in [-0.25, -0.2) is 13.1 Å². The molecule has 1 unspecified atom stereocenters. The van der Waals surface area contributed by atoms with Crippen molar-refractivity contribution in [3.63, 3.8) is 0 Å². The van der Waals surface area contributed by atoms with Crippen LogP contribution < -0.4 is 10.5 Å². The van der Waals surface area contributed by atoms with Crippen LogP contribution in [0.15, 0.2) is 4.90 Å². The topological polar surface area (TPSA) is 93.2 Å². The first kappa shape index (κ1) is 17.1. The molecule has 0 bridgehead atoms. The van der Waals surface area contributed by atoms with Gasteiger partial charge < -0.3 is 10.6 Å². The predicted octanol–water partition coefficient (Wildman–Crippen LogP) is -0.313. The van der Waals surface area contributed by atoms with Crippen molar-refractivity contribution in [3.05, 3.63) is 11.4 Å². The molecule has 0 saturated carbocycles. The molecule has 1 aromatic heterocycles. The third-order valence-electron chi connectivity index (χ3n) is 2.92. The van der Waals surface area contributed by atoms with Crippen molar-refractivity contribution in [1.82, 2.24) is 19.4 Å². The van der Waals surface area contributed by atoms with E-state index < -0.39 is 10.0 Å². The van der Waals surface area contributed by atoms with Crippen molar-refractivity contribution in [2.75, 3.05) is 27.2 Å². The Balaban J connectivity index is 3.04. The lowest BCUT2D eigenvalue weighted by atomic mass is 10.3. The molecule has 0 aliphatic rings. The number of aryl methyl sites for hydroxylation is 1. The van der Waals surface area contributed by atoms with Gasteiger partial charge in [0.1, 0.15) is 4.90 Å². The maximum Gasteiger partial charge on any atom is 0.244 e. The van der Waals surface area contributed by atoms with Crippen LogP contribution in [0.4, 0.5) is 0 Å². The van der Waals surface area contributed by atoms with E-state index in [-0.39, 0.29) is 10.9 Å². The Morgan fingerprint density at radius 2 is 2.00 bits per heavy atom. The zero-order valence-electron chi connectivity index (χ0n) is 12.8. The highest BCUT2D eigenvalue weighted by atomic mass is 32.2. The Kier molecular flexibility index (Phi) is 5.69. The zero-order valence-corrected chi connectivity index (χ0v) is 13.7. The Morgan fingerprint density at radius 1 is 1.40 bits per heavy atom. The standard InChI is InChI=1S/C12H25N5O2S/c1-9(8-16(4)5)15-20(18,19)12-10(2)14-17(7-6-13)11(12)3/h9,15H,6-8,13H2,1-5H3. The van der Waals surface area contributed by atoms with Crippen LogP contribution in [0.2, 0.25) is 0 Å². The fourth-order valence-corrected chi connectivity index (χ4v) is 3.96. The van der Waals surface area contributed by atoms with Crippen LogP contribution in [0.3, 0.4) is 0 Å². The lowest BCUT2D eigenvalue weighted by Crippen LogP contribution is -2.39. The van der Waals surface area contributed by atoms with Crippen molar-refractivity contribution in [2.24, 2.45) is 5.73 Å². The molecule has 3 N–H and O–H groups in total. The van der Waals surface area contributed by atoms with E-state index in [1.807, 2.05) is 25.9 Å². The molecular weight excluding hydrogens is 278 g/mol. The predicted molar refractivity (Wildman–Crippen MR) is 79.1 cm³/mol. The monoisotopic (exact) mass is 303 g/mol. The average Bonchev–Trinajstić information content (AvgIpc) is 2.52. The van der Waals surface area contributed by atoms with Gasteiger partial charge in [-0.3, -0.25) is 4.68 Å². The minimum Gasteiger partial charge on any atom is -0.329 e. The minimum absolute atomic E-state index is 0.174. The third-order valence-corrected chi connectivity index (χ3v) is 4.76. The average molecular weight is 303 g/mol. The van der Waals surface area contributed by atoms with Gasteiger partial charge in [0, 0.05) is 19.1 Å². The van der Waals surface area contributed by atoms with Crippen LogP contribution in [0.1, 0.15) is 18.3 Å². The van der Waals surface area contributed by atoms with E-state index >= 15 is 0 Å². The van der Waals surface area contributed by atoms with Gasteiger partial charge in [-0.2, -0.15) is 5.10 Å². The molecule has 0 spiro atoms. The van der Waals surface area contributed by atoms with Gasteiger partial charge in [0.2, 0.25) is 10.0 Å². The lowest BCUT2D eigenvalue weighted by Gasteiger charge is -2.18. The number of hydrogen-bond donors (Lipinski definition) is 2. The molecule has 0 amide bonds. The first-order valence-corrected chi connectivity index (χ1v) is 8.08. The number of nitrogens with two attached hydrogens (primary N) is 1. The van der Waals surface area contributed by atoms with Gasteiger partial charge in [-0.1, -0.05) is 0 Å². The van der Waals surface area contributed by atoms with Gasteiger partial charge in [0.15, 0.2) is 0 Å². The van der Waals surface area contributed by atoms with Gasteiger partial charge in [0.25, 0.3) is 0 Å². The van der Waals surface area contributed by atoms with Crippen LogP contribution >= 0.6 is 0 Å². The molecule has 0 aliphatic carbocycles. The number of hydrogen-bond acceptors (Lipinski definition) is 5. The Hall–Kier alpha value is -0.960. The highest BCUT2D eigenvalue weighted by Crippen LogP contribution is 2.19. The Bertz CT molecular complexity index is 550.